The van der Waals surface area contributed by atoms with Crippen LogP contribution in [0.15, 0.2) is 48.2 Å². The Balaban J connectivity index is 2.06. The molecular formula is C21H20ClFN2O2. The standard InChI is InChI=1S/C21H20ClFN2O2/c1-12(2)11-25-20(26)18(14-5-7-15(23)8-6-14)19(21(25)27)24-16-9-4-13(3)17(22)10-16/h4-10,12,24H,11H2,1-3H3. The number of halogens is 2. The summed E-state index contributed by atoms with van der Waals surface area (Å²) in [6, 6.07) is 10.9. The Hall–Kier alpha value is -2.66. The van der Waals surface area contributed by atoms with Gasteiger partial charge in [0.2, 0.25) is 0 Å². The molecule has 0 atom stereocenters. The molecule has 0 saturated carbocycles. The molecule has 4 nitrogen and oxygen atoms in total. The minimum absolute atomic E-state index is 0.125. The highest BCUT2D eigenvalue weighted by atomic mass is 35.5. The average Bonchev–Trinajstić information content (AvgIpc) is 2.83. The van der Waals surface area contributed by atoms with Gasteiger partial charge in [-0.05, 0) is 48.2 Å². The smallest absolute Gasteiger partial charge is 0.278 e. The lowest BCUT2D eigenvalue weighted by atomic mass is 10.0. The van der Waals surface area contributed by atoms with E-state index < -0.39 is 11.7 Å². The Morgan fingerprint density at radius 1 is 1.07 bits per heavy atom. The maximum atomic E-state index is 13.3. The summed E-state index contributed by atoms with van der Waals surface area (Å²) in [6.45, 7) is 6.05. The van der Waals surface area contributed by atoms with E-state index in [0.717, 1.165) is 5.56 Å². The van der Waals surface area contributed by atoms with Crippen molar-refractivity contribution in [2.24, 2.45) is 5.92 Å². The van der Waals surface area contributed by atoms with E-state index in [2.05, 4.69) is 5.32 Å². The fraction of sp³-hybridized carbons (Fsp3) is 0.238. The fourth-order valence-corrected chi connectivity index (χ4v) is 3.10. The van der Waals surface area contributed by atoms with Crippen LogP contribution < -0.4 is 5.32 Å². The second-order valence-corrected chi connectivity index (χ2v) is 7.37. The lowest BCUT2D eigenvalue weighted by Gasteiger charge is -2.17. The molecule has 0 saturated heterocycles. The first-order chi connectivity index (χ1) is 12.8. The summed E-state index contributed by atoms with van der Waals surface area (Å²) >= 11 is 6.17. The van der Waals surface area contributed by atoms with Gasteiger partial charge in [0.05, 0.1) is 5.57 Å². The number of carbonyl (C=O) groups is 2. The first kappa shape index (κ1) is 19.1. The first-order valence-electron chi connectivity index (χ1n) is 8.67. The van der Waals surface area contributed by atoms with Crippen LogP contribution >= 0.6 is 11.6 Å². The van der Waals surface area contributed by atoms with E-state index in [9.17, 15) is 14.0 Å². The third-order valence-electron chi connectivity index (χ3n) is 4.29. The molecule has 1 aliphatic rings. The highest BCUT2D eigenvalue weighted by Gasteiger charge is 2.39. The Labute approximate surface area is 162 Å². The van der Waals surface area contributed by atoms with Gasteiger partial charge >= 0.3 is 0 Å². The molecule has 1 heterocycles. The average molecular weight is 387 g/mol. The van der Waals surface area contributed by atoms with Crippen LogP contribution in [0.5, 0.6) is 0 Å². The van der Waals surface area contributed by atoms with Gasteiger partial charge in [0.15, 0.2) is 0 Å². The number of carbonyl (C=O) groups excluding carboxylic acids is 2. The fourth-order valence-electron chi connectivity index (χ4n) is 2.92. The van der Waals surface area contributed by atoms with Crippen molar-refractivity contribution in [3.63, 3.8) is 0 Å². The number of nitrogens with one attached hydrogen (secondary N) is 1. The topological polar surface area (TPSA) is 49.4 Å². The highest BCUT2D eigenvalue weighted by Crippen LogP contribution is 2.32. The number of hydrogen-bond acceptors (Lipinski definition) is 3. The molecule has 6 heteroatoms. The van der Waals surface area contributed by atoms with E-state index in [1.807, 2.05) is 26.8 Å². The quantitative estimate of drug-likeness (QED) is 0.762. The van der Waals surface area contributed by atoms with E-state index >= 15 is 0 Å². The monoisotopic (exact) mass is 386 g/mol. The summed E-state index contributed by atoms with van der Waals surface area (Å²) in [6.07, 6.45) is 0. The van der Waals surface area contributed by atoms with Crippen LogP contribution in [0.1, 0.15) is 25.0 Å². The molecule has 0 fully saturated rings. The molecule has 2 aromatic rings. The van der Waals surface area contributed by atoms with Gasteiger partial charge in [-0.15, -0.1) is 0 Å². The van der Waals surface area contributed by atoms with Crippen LogP contribution in [0.4, 0.5) is 10.1 Å². The largest absolute Gasteiger partial charge is 0.350 e. The van der Waals surface area contributed by atoms with Crippen molar-refractivity contribution >= 4 is 34.7 Å². The highest BCUT2D eigenvalue weighted by molar-refractivity contribution is 6.36. The maximum absolute atomic E-state index is 13.3. The molecule has 140 valence electrons. The zero-order valence-electron chi connectivity index (χ0n) is 15.3. The number of imide groups is 1. The van der Waals surface area contributed by atoms with E-state index in [1.165, 1.54) is 29.2 Å². The third-order valence-corrected chi connectivity index (χ3v) is 4.70. The lowest BCUT2D eigenvalue weighted by Crippen LogP contribution is -2.35. The van der Waals surface area contributed by atoms with Crippen LogP contribution in [0.2, 0.25) is 5.02 Å². The van der Waals surface area contributed by atoms with E-state index in [4.69, 9.17) is 11.6 Å². The zero-order valence-corrected chi connectivity index (χ0v) is 16.1. The molecule has 2 aromatic carbocycles. The first-order valence-corrected chi connectivity index (χ1v) is 9.05. The van der Waals surface area contributed by atoms with Crippen molar-refractivity contribution < 1.29 is 14.0 Å². The number of nitrogens with zero attached hydrogens (tertiary/aromatic N) is 1. The van der Waals surface area contributed by atoms with E-state index in [1.54, 1.807) is 12.1 Å². The lowest BCUT2D eigenvalue weighted by molar-refractivity contribution is -0.137. The molecule has 3 rings (SSSR count). The minimum Gasteiger partial charge on any atom is -0.350 e. The summed E-state index contributed by atoms with van der Waals surface area (Å²) < 4.78 is 13.3. The third kappa shape index (κ3) is 3.88. The molecule has 0 bridgehead atoms. The molecule has 0 aromatic heterocycles. The minimum atomic E-state index is -0.407. The summed E-state index contributed by atoms with van der Waals surface area (Å²) in [7, 11) is 0. The Morgan fingerprint density at radius 2 is 1.74 bits per heavy atom. The maximum Gasteiger partial charge on any atom is 0.278 e. The SMILES string of the molecule is Cc1ccc(NC2=C(c3ccc(F)cc3)C(=O)N(CC(C)C)C2=O)cc1Cl. The molecule has 0 aliphatic carbocycles. The van der Waals surface area contributed by atoms with Crippen LogP contribution in [-0.4, -0.2) is 23.3 Å². The molecule has 2 amide bonds. The van der Waals surface area contributed by atoms with Crippen molar-refractivity contribution in [1.29, 1.82) is 0 Å². The van der Waals surface area contributed by atoms with Gasteiger partial charge in [0, 0.05) is 17.3 Å². The normalized spacial score (nSPS) is 14.5. The van der Waals surface area contributed by atoms with Crippen LogP contribution in [-0.2, 0) is 9.59 Å². The summed E-state index contributed by atoms with van der Waals surface area (Å²) in [5, 5.41) is 3.60. The Bertz CT molecular complexity index is 936. The molecule has 1 N–H and O–H groups in total. The van der Waals surface area contributed by atoms with Gasteiger partial charge in [0.25, 0.3) is 11.8 Å². The Kier molecular flexibility index (Phi) is 5.33. The second kappa shape index (κ2) is 7.53. The van der Waals surface area contributed by atoms with Gasteiger partial charge in [-0.2, -0.15) is 0 Å². The van der Waals surface area contributed by atoms with E-state index in [0.29, 0.717) is 22.8 Å². The molecule has 27 heavy (non-hydrogen) atoms. The van der Waals surface area contributed by atoms with Gasteiger partial charge in [-0.25, -0.2) is 4.39 Å². The molecule has 0 spiro atoms. The number of benzene rings is 2. The zero-order chi connectivity index (χ0) is 19.7. The van der Waals surface area contributed by atoms with Gasteiger partial charge in [-0.3, -0.25) is 14.5 Å². The second-order valence-electron chi connectivity index (χ2n) is 6.96. The van der Waals surface area contributed by atoms with Crippen molar-refractivity contribution in [3.8, 4) is 0 Å². The van der Waals surface area contributed by atoms with Gasteiger partial charge in [0.1, 0.15) is 11.5 Å². The molecule has 0 unspecified atom stereocenters. The number of aryl methyl sites for hydroxylation is 1. The molecular weight excluding hydrogens is 367 g/mol. The molecule has 1 aliphatic heterocycles. The van der Waals surface area contributed by atoms with Gasteiger partial charge < -0.3 is 5.32 Å². The summed E-state index contributed by atoms with van der Waals surface area (Å²) in [5.41, 5.74) is 2.41. The predicted octanol–water partition coefficient (Wildman–Crippen LogP) is 4.64. The number of amides is 2. The van der Waals surface area contributed by atoms with Crippen molar-refractivity contribution in [2.75, 3.05) is 11.9 Å². The molecule has 0 radical (unpaired) electrons. The van der Waals surface area contributed by atoms with Crippen molar-refractivity contribution in [1.82, 2.24) is 4.90 Å². The number of anilines is 1. The Morgan fingerprint density at radius 3 is 2.33 bits per heavy atom. The summed E-state index contributed by atoms with van der Waals surface area (Å²) in [5.74, 6) is -1.07. The van der Waals surface area contributed by atoms with Crippen LogP contribution in [0, 0.1) is 18.7 Å². The number of hydrogen-bond donors (Lipinski definition) is 1. The van der Waals surface area contributed by atoms with Crippen LogP contribution in [0.3, 0.4) is 0 Å². The van der Waals surface area contributed by atoms with Crippen LogP contribution in [0.25, 0.3) is 5.57 Å². The summed E-state index contributed by atoms with van der Waals surface area (Å²) in [4.78, 5) is 27.1. The van der Waals surface area contributed by atoms with E-state index in [-0.39, 0.29) is 23.1 Å². The van der Waals surface area contributed by atoms with Gasteiger partial charge in [-0.1, -0.05) is 43.6 Å². The van der Waals surface area contributed by atoms with Crippen molar-refractivity contribution in [2.45, 2.75) is 20.8 Å². The van der Waals surface area contributed by atoms with Crippen molar-refractivity contribution in [3.05, 3.63) is 70.1 Å². The number of rotatable bonds is 5. The predicted molar refractivity (Wildman–Crippen MR) is 105 cm³/mol.